The number of hydrogen-bond donors (Lipinski definition) is 0. The molecule has 0 bridgehead atoms. The van der Waals surface area contributed by atoms with Crippen LogP contribution in [0.3, 0.4) is 0 Å². The fraction of sp³-hybridized carbons (Fsp3) is 0.333. The van der Waals surface area contributed by atoms with Crippen molar-refractivity contribution >= 4 is 28.6 Å². The van der Waals surface area contributed by atoms with Crippen LogP contribution in [-0.4, -0.2) is 31.8 Å². The van der Waals surface area contributed by atoms with E-state index in [2.05, 4.69) is 33.9 Å². The predicted molar refractivity (Wildman–Crippen MR) is 145 cm³/mol. The molecule has 0 radical (unpaired) electrons. The highest BCUT2D eigenvalue weighted by Crippen LogP contribution is 2.37. The van der Waals surface area contributed by atoms with Crippen LogP contribution in [0.1, 0.15) is 38.0 Å². The zero-order valence-corrected chi connectivity index (χ0v) is 24.4. The van der Waals surface area contributed by atoms with Crippen LogP contribution in [0.4, 0.5) is 0 Å². The molecule has 0 saturated carbocycles. The summed E-state index contributed by atoms with van der Waals surface area (Å²) in [4.78, 5) is -0.0666. The van der Waals surface area contributed by atoms with Gasteiger partial charge in [-0.25, -0.2) is 0 Å². The van der Waals surface area contributed by atoms with Crippen molar-refractivity contribution in [2.24, 2.45) is 0 Å². The van der Waals surface area contributed by atoms with Gasteiger partial charge in [0.05, 0.1) is 23.0 Å². The minimum absolute atomic E-state index is 0.0298. The standard InChI is InChI=1S/C27H34O7S2Si/c1-27(2,3)37(4,5)33-20-22-16-18-23(19-17-22)26(34-36(30,31)25-14-10-7-11-15-25)21-32-35(28,29)24-12-8-6-9-13-24/h6-19,26H,20-21H2,1-5H3. The van der Waals surface area contributed by atoms with Crippen LogP contribution in [-0.2, 0) is 39.6 Å². The summed E-state index contributed by atoms with van der Waals surface area (Å²) >= 11 is 0. The largest absolute Gasteiger partial charge is 0.413 e. The van der Waals surface area contributed by atoms with Crippen LogP contribution in [0.25, 0.3) is 0 Å². The quantitative estimate of drug-likeness (QED) is 0.207. The molecule has 0 spiro atoms. The molecule has 3 rings (SSSR count). The van der Waals surface area contributed by atoms with Gasteiger partial charge in [0, 0.05) is 0 Å². The number of hydrogen-bond acceptors (Lipinski definition) is 7. The van der Waals surface area contributed by atoms with E-state index in [1.54, 1.807) is 48.5 Å². The van der Waals surface area contributed by atoms with Crippen molar-refractivity contribution in [3.8, 4) is 0 Å². The van der Waals surface area contributed by atoms with Crippen LogP contribution in [0.5, 0.6) is 0 Å². The van der Waals surface area contributed by atoms with Crippen molar-refractivity contribution in [1.29, 1.82) is 0 Å². The average Bonchev–Trinajstić information content (AvgIpc) is 2.86. The third kappa shape index (κ3) is 7.82. The molecule has 0 heterocycles. The van der Waals surface area contributed by atoms with E-state index >= 15 is 0 Å². The SMILES string of the molecule is CC(C)(C)[Si](C)(C)OCc1ccc(C(COS(=O)(=O)c2ccccc2)OS(=O)(=O)c2ccccc2)cc1. The van der Waals surface area contributed by atoms with E-state index in [-0.39, 0.29) is 14.8 Å². The lowest BCUT2D eigenvalue weighted by molar-refractivity contribution is 0.139. The average molecular weight is 563 g/mol. The second kappa shape index (κ2) is 11.6. The van der Waals surface area contributed by atoms with Crippen LogP contribution in [0.2, 0.25) is 18.1 Å². The van der Waals surface area contributed by atoms with Gasteiger partial charge in [-0.3, -0.25) is 8.37 Å². The Labute approximate surface area is 221 Å². The van der Waals surface area contributed by atoms with Gasteiger partial charge in [0.15, 0.2) is 8.32 Å². The Morgan fingerprint density at radius 3 is 1.70 bits per heavy atom. The fourth-order valence-corrected chi connectivity index (χ4v) is 6.05. The van der Waals surface area contributed by atoms with Crippen LogP contribution >= 0.6 is 0 Å². The van der Waals surface area contributed by atoms with Gasteiger partial charge in [-0.2, -0.15) is 16.8 Å². The zero-order chi connectivity index (χ0) is 27.3. The third-order valence-electron chi connectivity index (χ3n) is 6.44. The molecule has 0 aliphatic rings. The van der Waals surface area contributed by atoms with Crippen LogP contribution in [0, 0.1) is 0 Å². The van der Waals surface area contributed by atoms with Crippen molar-refractivity contribution in [2.45, 2.75) is 61.4 Å². The monoisotopic (exact) mass is 562 g/mol. The fourth-order valence-electron chi connectivity index (χ4n) is 3.09. The molecule has 0 aromatic heterocycles. The Morgan fingerprint density at radius 2 is 1.22 bits per heavy atom. The van der Waals surface area contributed by atoms with E-state index in [0.29, 0.717) is 12.2 Å². The smallest absolute Gasteiger partial charge is 0.297 e. The van der Waals surface area contributed by atoms with Gasteiger partial charge in [0.1, 0.15) is 6.10 Å². The van der Waals surface area contributed by atoms with E-state index in [4.69, 9.17) is 12.8 Å². The van der Waals surface area contributed by atoms with Crippen molar-refractivity contribution in [3.63, 3.8) is 0 Å². The maximum absolute atomic E-state index is 12.9. The molecule has 1 unspecified atom stereocenters. The summed E-state index contributed by atoms with van der Waals surface area (Å²) in [6, 6.07) is 22.4. The minimum Gasteiger partial charge on any atom is -0.413 e. The van der Waals surface area contributed by atoms with Gasteiger partial charge in [-0.1, -0.05) is 81.4 Å². The molecule has 0 aliphatic carbocycles. The van der Waals surface area contributed by atoms with E-state index in [1.807, 2.05) is 12.1 Å². The first-order chi connectivity index (χ1) is 17.2. The second-order valence-electron chi connectivity index (χ2n) is 10.2. The molecule has 0 fully saturated rings. The zero-order valence-electron chi connectivity index (χ0n) is 21.7. The first kappa shape index (κ1) is 29.2. The second-order valence-corrected chi connectivity index (χ2v) is 18.2. The molecule has 3 aromatic carbocycles. The predicted octanol–water partition coefficient (Wildman–Crippen LogP) is 6.06. The van der Waals surface area contributed by atoms with Gasteiger partial charge in [-0.15, -0.1) is 0 Å². The first-order valence-electron chi connectivity index (χ1n) is 11.9. The summed E-state index contributed by atoms with van der Waals surface area (Å²) in [5.41, 5.74) is 1.37. The van der Waals surface area contributed by atoms with Gasteiger partial charge in [0.2, 0.25) is 0 Å². The lowest BCUT2D eigenvalue weighted by atomic mass is 10.1. The van der Waals surface area contributed by atoms with Gasteiger partial charge < -0.3 is 4.43 Å². The van der Waals surface area contributed by atoms with E-state index < -0.39 is 41.3 Å². The highest BCUT2D eigenvalue weighted by atomic mass is 32.2. The highest BCUT2D eigenvalue weighted by Gasteiger charge is 2.37. The normalized spacial score (nSPS) is 13.9. The lowest BCUT2D eigenvalue weighted by Crippen LogP contribution is -2.40. The Bertz CT molecular complexity index is 1370. The maximum atomic E-state index is 12.9. The molecule has 7 nitrogen and oxygen atoms in total. The minimum atomic E-state index is -4.19. The molecule has 0 saturated heterocycles. The van der Waals surface area contributed by atoms with Crippen molar-refractivity contribution in [3.05, 3.63) is 96.1 Å². The molecule has 200 valence electrons. The summed E-state index contributed by atoms with van der Waals surface area (Å²) in [5.74, 6) is 0. The Hall–Kier alpha value is -2.34. The van der Waals surface area contributed by atoms with Crippen LogP contribution in [0.15, 0.2) is 94.7 Å². The lowest BCUT2D eigenvalue weighted by Gasteiger charge is -2.36. The maximum Gasteiger partial charge on any atom is 0.297 e. The molecular weight excluding hydrogens is 529 g/mol. The highest BCUT2D eigenvalue weighted by molar-refractivity contribution is 7.87. The van der Waals surface area contributed by atoms with Gasteiger partial charge in [-0.05, 0) is 53.5 Å². The van der Waals surface area contributed by atoms with Crippen LogP contribution < -0.4 is 0 Å². The third-order valence-corrected chi connectivity index (χ3v) is 13.5. The molecule has 0 N–H and O–H groups in total. The van der Waals surface area contributed by atoms with E-state index in [0.717, 1.165) is 5.56 Å². The first-order valence-corrected chi connectivity index (χ1v) is 17.6. The summed E-state index contributed by atoms with van der Waals surface area (Å²) in [6.07, 6.45) is -1.20. The van der Waals surface area contributed by atoms with Gasteiger partial charge >= 0.3 is 0 Å². The Morgan fingerprint density at radius 1 is 0.730 bits per heavy atom. The van der Waals surface area contributed by atoms with Crippen molar-refractivity contribution in [2.75, 3.05) is 6.61 Å². The van der Waals surface area contributed by atoms with Gasteiger partial charge in [0.25, 0.3) is 20.2 Å². The summed E-state index contributed by atoms with van der Waals surface area (Å²) < 4.78 is 68.2. The molecule has 0 amide bonds. The van der Waals surface area contributed by atoms with Crippen molar-refractivity contribution < 1.29 is 29.6 Å². The molecular formula is C27H34O7S2Si. The van der Waals surface area contributed by atoms with E-state index in [9.17, 15) is 16.8 Å². The molecule has 1 atom stereocenters. The van der Waals surface area contributed by atoms with E-state index in [1.165, 1.54) is 24.3 Å². The summed E-state index contributed by atoms with van der Waals surface area (Å²) in [6.45, 7) is 10.7. The molecule has 10 heteroatoms. The summed E-state index contributed by atoms with van der Waals surface area (Å²) in [7, 11) is -10.3. The molecule has 37 heavy (non-hydrogen) atoms. The Balaban J connectivity index is 1.83. The molecule has 0 aliphatic heterocycles. The number of benzene rings is 3. The Kier molecular flexibility index (Phi) is 9.15. The molecule has 3 aromatic rings. The number of rotatable bonds is 11. The van der Waals surface area contributed by atoms with Crippen molar-refractivity contribution in [1.82, 2.24) is 0 Å². The summed E-state index contributed by atoms with van der Waals surface area (Å²) in [5, 5.41) is 0.0687. The topological polar surface area (TPSA) is 96.0 Å².